The third kappa shape index (κ3) is 2.52. The first-order valence-electron chi connectivity index (χ1n) is 3.26. The molecule has 58 valence electrons. The van der Waals surface area contributed by atoms with Gasteiger partial charge >= 0.3 is 0 Å². The van der Waals surface area contributed by atoms with E-state index in [9.17, 15) is 4.79 Å². The van der Waals surface area contributed by atoms with Crippen molar-refractivity contribution in [2.24, 2.45) is 0 Å². The molecule has 0 unspecified atom stereocenters. The van der Waals surface area contributed by atoms with E-state index in [2.05, 4.69) is 0 Å². The van der Waals surface area contributed by atoms with Gasteiger partial charge in [-0.15, -0.1) is 11.3 Å². The minimum atomic E-state index is 0.132. The van der Waals surface area contributed by atoms with Crippen LogP contribution in [0.3, 0.4) is 0 Å². The molecule has 1 aromatic rings. The molecule has 0 bridgehead atoms. The molecule has 1 rings (SSSR count). The minimum Gasteiger partial charge on any atom is -0.293 e. The summed E-state index contributed by atoms with van der Waals surface area (Å²) in [5, 5.41) is 1.89. The van der Waals surface area contributed by atoms with Crippen LogP contribution in [0.5, 0.6) is 0 Å². The van der Waals surface area contributed by atoms with E-state index in [0.717, 1.165) is 9.74 Å². The molecule has 1 nitrogen and oxygen atoms in total. The van der Waals surface area contributed by atoms with Crippen LogP contribution in [0.4, 0.5) is 0 Å². The molecule has 11 heavy (non-hydrogen) atoms. The highest BCUT2D eigenvalue weighted by Crippen LogP contribution is 2.11. The zero-order valence-corrected chi connectivity index (χ0v) is 7.80. The van der Waals surface area contributed by atoms with Crippen molar-refractivity contribution in [3.63, 3.8) is 0 Å². The van der Waals surface area contributed by atoms with Gasteiger partial charge in [-0.2, -0.15) is 0 Å². The van der Waals surface area contributed by atoms with Crippen molar-refractivity contribution in [3.8, 4) is 0 Å². The van der Waals surface area contributed by atoms with Crippen molar-refractivity contribution in [2.75, 3.05) is 0 Å². The second-order valence-electron chi connectivity index (χ2n) is 2.28. The van der Waals surface area contributed by atoms with Crippen molar-refractivity contribution in [3.05, 3.63) is 22.4 Å². The van der Waals surface area contributed by atoms with Crippen molar-refractivity contribution in [1.82, 2.24) is 0 Å². The molecule has 0 aliphatic carbocycles. The smallest absolute Gasteiger partial charge is 0.177 e. The summed E-state index contributed by atoms with van der Waals surface area (Å²) in [4.78, 5) is 12.8. The molecular weight excluding hydrogens is 176 g/mol. The largest absolute Gasteiger partial charge is 0.293 e. The summed E-state index contributed by atoms with van der Waals surface area (Å²) >= 11 is 6.29. The Kier molecular flexibility index (Phi) is 2.91. The summed E-state index contributed by atoms with van der Waals surface area (Å²) in [5.74, 6) is 0.132. The summed E-state index contributed by atoms with van der Waals surface area (Å²) in [6.45, 7) is 1.79. The Bertz CT molecular complexity index is 262. The van der Waals surface area contributed by atoms with Crippen molar-refractivity contribution in [2.45, 2.75) is 13.3 Å². The zero-order valence-electron chi connectivity index (χ0n) is 6.16. The summed E-state index contributed by atoms with van der Waals surface area (Å²) in [7, 11) is 0. The number of hydrogen-bond donors (Lipinski definition) is 0. The van der Waals surface area contributed by atoms with E-state index in [4.69, 9.17) is 12.2 Å². The lowest BCUT2D eigenvalue weighted by Crippen LogP contribution is -2.00. The molecule has 0 aliphatic heterocycles. The van der Waals surface area contributed by atoms with Gasteiger partial charge in [0.05, 0.1) is 4.88 Å². The van der Waals surface area contributed by atoms with E-state index in [0.29, 0.717) is 6.42 Å². The number of ketones is 1. The van der Waals surface area contributed by atoms with Gasteiger partial charge in [-0.25, -0.2) is 0 Å². The monoisotopic (exact) mass is 184 g/mol. The van der Waals surface area contributed by atoms with Crippen LogP contribution >= 0.6 is 23.6 Å². The predicted octanol–water partition coefficient (Wildman–Crippen LogP) is 2.71. The quantitative estimate of drug-likeness (QED) is 0.530. The van der Waals surface area contributed by atoms with Crippen molar-refractivity contribution < 1.29 is 4.79 Å². The average molecular weight is 184 g/mol. The van der Waals surface area contributed by atoms with Crippen LogP contribution in [0.25, 0.3) is 0 Å². The summed E-state index contributed by atoms with van der Waals surface area (Å²) < 4.78 is 0. The Balaban J connectivity index is 2.64. The third-order valence-corrected chi connectivity index (χ3v) is 2.26. The van der Waals surface area contributed by atoms with E-state index in [1.165, 1.54) is 11.3 Å². The standard InChI is InChI=1S/C8H8OS2/c1-6(10)5-7(9)8-3-2-4-11-8/h2-4H,5H2,1H3. The number of thiophene rings is 1. The Morgan fingerprint density at radius 1 is 1.73 bits per heavy atom. The average Bonchev–Trinajstić information content (AvgIpc) is 2.35. The molecule has 0 saturated carbocycles. The van der Waals surface area contributed by atoms with E-state index in [1.54, 1.807) is 6.92 Å². The second kappa shape index (κ2) is 3.74. The maximum absolute atomic E-state index is 11.2. The lowest BCUT2D eigenvalue weighted by atomic mass is 10.2. The summed E-state index contributed by atoms with van der Waals surface area (Å²) in [6.07, 6.45) is 0.399. The molecule has 1 aromatic heterocycles. The minimum absolute atomic E-state index is 0.132. The molecule has 1 heterocycles. The van der Waals surface area contributed by atoms with Crippen molar-refractivity contribution >= 4 is 34.2 Å². The highest BCUT2D eigenvalue weighted by molar-refractivity contribution is 7.80. The Hall–Kier alpha value is -0.540. The fourth-order valence-corrected chi connectivity index (χ4v) is 1.55. The number of carbonyl (C=O) groups excluding carboxylic acids is 1. The third-order valence-electron chi connectivity index (χ3n) is 1.21. The first-order valence-corrected chi connectivity index (χ1v) is 4.55. The van der Waals surface area contributed by atoms with Gasteiger partial charge in [0.15, 0.2) is 5.78 Å². The normalized spacial score (nSPS) is 9.55. The molecule has 0 saturated heterocycles. The molecule has 0 aliphatic rings. The maximum Gasteiger partial charge on any atom is 0.177 e. The zero-order chi connectivity index (χ0) is 8.27. The first kappa shape index (κ1) is 8.56. The van der Waals surface area contributed by atoms with Crippen LogP contribution in [-0.4, -0.2) is 10.6 Å². The number of hydrogen-bond acceptors (Lipinski definition) is 3. The van der Waals surface area contributed by atoms with E-state index in [-0.39, 0.29) is 5.78 Å². The fraction of sp³-hybridized carbons (Fsp3) is 0.250. The molecule has 0 amide bonds. The Morgan fingerprint density at radius 2 is 2.45 bits per heavy atom. The van der Waals surface area contributed by atoms with Crippen LogP contribution in [0, 0.1) is 0 Å². The maximum atomic E-state index is 11.2. The number of carbonyl (C=O) groups is 1. The molecule has 0 N–H and O–H groups in total. The molecule has 0 aromatic carbocycles. The number of Topliss-reactive ketones (excluding diaryl/α,β-unsaturated/α-hetero) is 1. The predicted molar refractivity (Wildman–Crippen MR) is 51.5 cm³/mol. The van der Waals surface area contributed by atoms with Crippen LogP contribution < -0.4 is 0 Å². The lowest BCUT2D eigenvalue weighted by molar-refractivity contribution is 0.100. The highest BCUT2D eigenvalue weighted by atomic mass is 32.1. The molecule has 0 spiro atoms. The van der Waals surface area contributed by atoms with E-state index >= 15 is 0 Å². The van der Waals surface area contributed by atoms with Crippen LogP contribution in [-0.2, 0) is 0 Å². The van der Waals surface area contributed by atoms with Gasteiger partial charge in [-0.1, -0.05) is 18.3 Å². The van der Waals surface area contributed by atoms with Gasteiger partial charge in [0.25, 0.3) is 0 Å². The highest BCUT2D eigenvalue weighted by Gasteiger charge is 2.06. The van der Waals surface area contributed by atoms with Gasteiger partial charge < -0.3 is 0 Å². The van der Waals surface area contributed by atoms with Gasteiger partial charge in [0.2, 0.25) is 0 Å². The van der Waals surface area contributed by atoms with E-state index < -0.39 is 0 Å². The molecular formula is C8H8OS2. The molecule has 0 fully saturated rings. The molecule has 3 heteroatoms. The topological polar surface area (TPSA) is 17.1 Å². The number of thiocarbonyl (C=S) groups is 1. The fourth-order valence-electron chi connectivity index (χ4n) is 0.750. The summed E-state index contributed by atoms with van der Waals surface area (Å²) in [6, 6.07) is 3.70. The van der Waals surface area contributed by atoms with Crippen molar-refractivity contribution in [1.29, 1.82) is 0 Å². The first-order chi connectivity index (χ1) is 5.20. The Labute approximate surface area is 75.1 Å². The summed E-state index contributed by atoms with van der Waals surface area (Å²) in [5.41, 5.74) is 0. The SMILES string of the molecule is CC(=S)CC(=O)c1cccs1. The van der Waals surface area contributed by atoms with Gasteiger partial charge in [0.1, 0.15) is 0 Å². The molecule has 0 radical (unpaired) electrons. The van der Waals surface area contributed by atoms with Gasteiger partial charge in [-0.3, -0.25) is 4.79 Å². The van der Waals surface area contributed by atoms with E-state index in [1.807, 2.05) is 17.5 Å². The van der Waals surface area contributed by atoms with Gasteiger partial charge in [0, 0.05) is 6.42 Å². The molecule has 0 atom stereocenters. The lowest BCUT2D eigenvalue weighted by Gasteiger charge is -1.92. The Morgan fingerprint density at radius 3 is 2.91 bits per heavy atom. The van der Waals surface area contributed by atoms with Gasteiger partial charge in [-0.05, 0) is 23.2 Å². The number of rotatable bonds is 3. The second-order valence-corrected chi connectivity index (χ2v) is 3.92. The van der Waals surface area contributed by atoms with Crippen LogP contribution in [0.2, 0.25) is 0 Å². The van der Waals surface area contributed by atoms with Crippen LogP contribution in [0.1, 0.15) is 23.0 Å². The van der Waals surface area contributed by atoms with Crippen LogP contribution in [0.15, 0.2) is 17.5 Å².